The van der Waals surface area contributed by atoms with E-state index in [1.165, 1.54) is 11.8 Å². The third-order valence-corrected chi connectivity index (χ3v) is 6.29. The average Bonchev–Trinajstić information content (AvgIpc) is 2.80. The van der Waals surface area contributed by atoms with Crippen molar-refractivity contribution in [3.63, 3.8) is 0 Å². The Kier molecular flexibility index (Phi) is 5.92. The van der Waals surface area contributed by atoms with Crippen molar-refractivity contribution < 1.29 is 24.2 Å². The van der Waals surface area contributed by atoms with E-state index in [-0.39, 0.29) is 23.8 Å². The van der Waals surface area contributed by atoms with Crippen LogP contribution in [0.4, 0.5) is 0 Å². The predicted molar refractivity (Wildman–Crippen MR) is 112 cm³/mol. The number of aliphatic carboxylic acids is 1. The molecule has 31 heavy (non-hydrogen) atoms. The molecule has 2 aliphatic rings. The van der Waals surface area contributed by atoms with Gasteiger partial charge in [0.25, 0.3) is 5.91 Å². The summed E-state index contributed by atoms with van der Waals surface area (Å²) in [4.78, 5) is 42.2. The summed E-state index contributed by atoms with van der Waals surface area (Å²) in [6, 6.07) is 10.6. The average molecular weight is 440 g/mol. The highest BCUT2D eigenvalue weighted by molar-refractivity contribution is 8.00. The predicted octanol–water partition coefficient (Wildman–Crippen LogP) is 0.994. The molecule has 2 aliphatic heterocycles. The monoisotopic (exact) mass is 440 g/mol. The van der Waals surface area contributed by atoms with E-state index in [4.69, 9.17) is 10.5 Å². The molecule has 0 spiro atoms. The maximum absolute atomic E-state index is 12.7. The Bertz CT molecular complexity index is 1030. The molecule has 2 aromatic rings. The number of carbonyl (C=O) groups is 3. The molecule has 0 bridgehead atoms. The van der Waals surface area contributed by atoms with E-state index in [0.717, 1.165) is 10.5 Å². The summed E-state index contributed by atoms with van der Waals surface area (Å²) in [5.41, 5.74) is 7.26. The van der Waals surface area contributed by atoms with Gasteiger partial charge in [-0.25, -0.2) is 4.79 Å². The Labute approximate surface area is 182 Å². The van der Waals surface area contributed by atoms with Crippen LogP contribution in [0.3, 0.4) is 0 Å². The van der Waals surface area contributed by atoms with E-state index >= 15 is 0 Å². The molecule has 9 nitrogen and oxygen atoms in total. The number of hydrogen-bond acceptors (Lipinski definition) is 7. The lowest BCUT2D eigenvalue weighted by Gasteiger charge is -2.49. The molecular formula is C21H20N4O5S. The minimum atomic E-state index is -1.26. The van der Waals surface area contributed by atoms with Crippen molar-refractivity contribution >= 4 is 29.5 Å². The summed E-state index contributed by atoms with van der Waals surface area (Å²) in [6.07, 6.45) is 3.23. The summed E-state index contributed by atoms with van der Waals surface area (Å²) in [5.74, 6) is -1.78. The van der Waals surface area contributed by atoms with Crippen LogP contribution in [-0.4, -0.2) is 49.9 Å². The van der Waals surface area contributed by atoms with Crippen molar-refractivity contribution in [2.24, 2.45) is 5.73 Å². The minimum absolute atomic E-state index is 0.161. The van der Waals surface area contributed by atoms with Crippen molar-refractivity contribution in [1.29, 1.82) is 0 Å². The molecule has 0 saturated carbocycles. The summed E-state index contributed by atoms with van der Waals surface area (Å²) in [5, 5.41) is 11.8. The third kappa shape index (κ3) is 4.12. The Morgan fingerprint density at radius 1 is 1.26 bits per heavy atom. The molecule has 0 unspecified atom stereocenters. The number of fused-ring (bicyclic) bond motifs is 1. The first-order chi connectivity index (χ1) is 15.0. The minimum Gasteiger partial charge on any atom is -0.490 e. The molecule has 0 aliphatic carbocycles. The van der Waals surface area contributed by atoms with Crippen LogP contribution in [0.5, 0.6) is 0 Å². The SMILES string of the molecule is N[C@@H](C(=O)N[C@@H]1C(=O)N2C(C(=O)O)=C(OCc3ccncc3)CS[C@H]12)c1ccccc1. The van der Waals surface area contributed by atoms with Crippen LogP contribution in [0.1, 0.15) is 17.2 Å². The van der Waals surface area contributed by atoms with Gasteiger partial charge in [-0.05, 0) is 23.3 Å². The number of thioether (sulfide) groups is 1. The zero-order valence-electron chi connectivity index (χ0n) is 16.3. The van der Waals surface area contributed by atoms with Crippen molar-refractivity contribution in [2.75, 3.05) is 5.75 Å². The number of hydrogen-bond donors (Lipinski definition) is 3. The lowest BCUT2D eigenvalue weighted by atomic mass is 10.0. The molecule has 4 rings (SSSR count). The molecule has 1 aromatic carbocycles. The van der Waals surface area contributed by atoms with E-state index < -0.39 is 35.2 Å². The second kappa shape index (κ2) is 8.78. The highest BCUT2D eigenvalue weighted by Gasteiger charge is 2.55. The molecule has 0 radical (unpaired) electrons. The van der Waals surface area contributed by atoms with Crippen molar-refractivity contribution in [1.82, 2.24) is 15.2 Å². The fraction of sp³-hybridized carbons (Fsp3) is 0.238. The van der Waals surface area contributed by atoms with Gasteiger partial charge >= 0.3 is 5.97 Å². The largest absolute Gasteiger partial charge is 0.490 e. The second-order valence-electron chi connectivity index (χ2n) is 7.01. The first-order valence-corrected chi connectivity index (χ1v) is 10.6. The van der Waals surface area contributed by atoms with Gasteiger partial charge in [-0.2, -0.15) is 0 Å². The van der Waals surface area contributed by atoms with Crippen molar-refractivity contribution in [2.45, 2.75) is 24.1 Å². The third-order valence-electron chi connectivity index (χ3n) is 5.04. The number of carboxylic acids is 1. The number of rotatable bonds is 7. The van der Waals surface area contributed by atoms with Gasteiger partial charge in [0, 0.05) is 12.4 Å². The molecule has 10 heteroatoms. The molecule has 3 atom stereocenters. The van der Waals surface area contributed by atoms with Gasteiger partial charge in [0.15, 0.2) is 5.70 Å². The summed E-state index contributed by atoms with van der Waals surface area (Å²) in [7, 11) is 0. The summed E-state index contributed by atoms with van der Waals surface area (Å²) >= 11 is 1.33. The fourth-order valence-electron chi connectivity index (χ4n) is 3.41. The molecule has 4 N–H and O–H groups in total. The molecular weight excluding hydrogens is 420 g/mol. The molecule has 1 fully saturated rings. The highest BCUT2D eigenvalue weighted by Crippen LogP contribution is 2.41. The standard InChI is InChI=1S/C21H20N4O5S/c22-15(13-4-2-1-3-5-13)18(26)24-16-19(27)25-17(21(28)29)14(11-31-20(16)25)30-10-12-6-8-23-9-7-12/h1-9,15-16,20H,10-11,22H2,(H,24,26)(H,28,29)/t15-,16-,20-/m1/s1. The zero-order valence-corrected chi connectivity index (χ0v) is 17.1. The zero-order chi connectivity index (χ0) is 22.0. The number of aromatic nitrogens is 1. The number of pyridine rings is 1. The number of nitrogens with two attached hydrogens (primary N) is 1. The maximum Gasteiger partial charge on any atom is 0.356 e. The van der Waals surface area contributed by atoms with Crippen LogP contribution in [0.15, 0.2) is 66.3 Å². The topological polar surface area (TPSA) is 135 Å². The van der Waals surface area contributed by atoms with Crippen molar-refractivity contribution in [3.05, 3.63) is 77.4 Å². The number of ether oxygens (including phenoxy) is 1. The van der Waals surface area contributed by atoms with Crippen LogP contribution in [0, 0.1) is 0 Å². The number of carbonyl (C=O) groups excluding carboxylic acids is 2. The van der Waals surface area contributed by atoms with Gasteiger partial charge in [-0.15, -0.1) is 11.8 Å². The number of β-lactam (4-membered cyclic amide) rings is 1. The van der Waals surface area contributed by atoms with Gasteiger partial charge < -0.3 is 20.9 Å². The summed E-state index contributed by atoms with van der Waals surface area (Å²) < 4.78 is 5.71. The van der Waals surface area contributed by atoms with Crippen LogP contribution in [0.2, 0.25) is 0 Å². The van der Waals surface area contributed by atoms with E-state index in [1.54, 1.807) is 48.8 Å². The number of nitrogens with zero attached hydrogens (tertiary/aromatic N) is 2. The van der Waals surface area contributed by atoms with E-state index in [2.05, 4.69) is 10.3 Å². The quantitative estimate of drug-likeness (QED) is 0.543. The van der Waals surface area contributed by atoms with Gasteiger partial charge in [0.1, 0.15) is 29.8 Å². The van der Waals surface area contributed by atoms with E-state index in [0.29, 0.717) is 5.56 Å². The highest BCUT2D eigenvalue weighted by atomic mass is 32.2. The molecule has 1 aromatic heterocycles. The maximum atomic E-state index is 12.7. The lowest BCUT2D eigenvalue weighted by Crippen LogP contribution is -2.71. The second-order valence-corrected chi connectivity index (χ2v) is 8.11. The number of amides is 2. The fourth-order valence-corrected chi connectivity index (χ4v) is 4.68. The number of carboxylic acid groups (broad SMARTS) is 1. The van der Waals surface area contributed by atoms with Gasteiger partial charge in [0.05, 0.1) is 5.75 Å². The lowest BCUT2D eigenvalue weighted by molar-refractivity contribution is -0.151. The van der Waals surface area contributed by atoms with Crippen LogP contribution >= 0.6 is 11.8 Å². The molecule has 2 amide bonds. The van der Waals surface area contributed by atoms with Crippen molar-refractivity contribution in [3.8, 4) is 0 Å². The normalized spacial score (nSPS) is 21.1. The Morgan fingerprint density at radius 2 is 1.97 bits per heavy atom. The molecule has 3 heterocycles. The molecule has 160 valence electrons. The van der Waals surface area contributed by atoms with E-state index in [9.17, 15) is 19.5 Å². The van der Waals surface area contributed by atoms with Gasteiger partial charge in [0.2, 0.25) is 5.91 Å². The van der Waals surface area contributed by atoms with Crippen LogP contribution < -0.4 is 11.1 Å². The summed E-state index contributed by atoms with van der Waals surface area (Å²) in [6.45, 7) is 0.161. The van der Waals surface area contributed by atoms with E-state index in [1.807, 2.05) is 6.07 Å². The van der Waals surface area contributed by atoms with Gasteiger partial charge in [-0.1, -0.05) is 30.3 Å². The van der Waals surface area contributed by atoms with Crippen LogP contribution in [-0.2, 0) is 25.7 Å². The first kappa shape index (κ1) is 20.9. The first-order valence-electron chi connectivity index (χ1n) is 9.51. The van der Waals surface area contributed by atoms with Gasteiger partial charge in [-0.3, -0.25) is 19.5 Å². The Morgan fingerprint density at radius 3 is 2.65 bits per heavy atom. The number of benzene rings is 1. The Hall–Kier alpha value is -3.37. The Balaban J connectivity index is 1.46. The van der Waals surface area contributed by atoms with Crippen LogP contribution in [0.25, 0.3) is 0 Å². The smallest absolute Gasteiger partial charge is 0.356 e. The molecule has 1 saturated heterocycles. The number of nitrogens with one attached hydrogen (secondary N) is 1.